The van der Waals surface area contributed by atoms with Gasteiger partial charge in [-0.2, -0.15) is 5.10 Å². The van der Waals surface area contributed by atoms with E-state index < -0.39 is 0 Å². The number of fused-ring (bicyclic) bond motifs is 1. The summed E-state index contributed by atoms with van der Waals surface area (Å²) in [6.07, 6.45) is 3.55. The Kier molecular flexibility index (Phi) is 5.84. The number of ether oxygens (including phenoxy) is 1. The minimum absolute atomic E-state index is 0.0255. The van der Waals surface area contributed by atoms with Crippen LogP contribution in [0.3, 0.4) is 0 Å². The number of nitrogens with one attached hydrogen (secondary N) is 1. The van der Waals surface area contributed by atoms with Gasteiger partial charge in [0.05, 0.1) is 24.8 Å². The molecule has 5 rings (SSSR count). The molecule has 0 radical (unpaired) electrons. The third-order valence-corrected chi connectivity index (χ3v) is 6.06. The lowest BCUT2D eigenvalue weighted by Crippen LogP contribution is -2.21. The summed E-state index contributed by atoms with van der Waals surface area (Å²) in [4.78, 5) is 4.13. The Morgan fingerprint density at radius 1 is 1.00 bits per heavy atom. The first-order valence-corrected chi connectivity index (χ1v) is 11.3. The minimum atomic E-state index is -0.0255. The van der Waals surface area contributed by atoms with Gasteiger partial charge in [0.15, 0.2) is 0 Å². The quantitative estimate of drug-likeness (QED) is 0.418. The maximum Gasteiger partial charge on any atom is 0.133 e. The van der Waals surface area contributed by atoms with E-state index in [0.29, 0.717) is 19.1 Å². The molecule has 6 nitrogen and oxygen atoms in total. The Balaban J connectivity index is 1.39. The first kappa shape index (κ1) is 21.2. The van der Waals surface area contributed by atoms with Crippen molar-refractivity contribution < 1.29 is 9.84 Å². The molecular formula is C27H28N4O2. The van der Waals surface area contributed by atoms with E-state index in [4.69, 9.17) is 9.84 Å². The van der Waals surface area contributed by atoms with E-state index in [2.05, 4.69) is 60.5 Å². The van der Waals surface area contributed by atoms with Gasteiger partial charge < -0.3 is 15.2 Å². The van der Waals surface area contributed by atoms with Crippen molar-refractivity contribution in [1.82, 2.24) is 14.8 Å². The van der Waals surface area contributed by atoms with Crippen molar-refractivity contribution in [2.24, 2.45) is 0 Å². The van der Waals surface area contributed by atoms with Gasteiger partial charge in [-0.1, -0.05) is 50.2 Å². The molecular weight excluding hydrogens is 412 g/mol. The van der Waals surface area contributed by atoms with E-state index in [0.717, 1.165) is 39.5 Å². The van der Waals surface area contributed by atoms with Gasteiger partial charge in [0, 0.05) is 18.0 Å². The lowest BCUT2D eigenvalue weighted by molar-refractivity contribution is 0.269. The summed E-state index contributed by atoms with van der Waals surface area (Å²) < 4.78 is 7.97. The number of rotatable bonds is 7. The maximum absolute atomic E-state index is 9.61. The molecule has 2 N–H and O–H groups in total. The maximum atomic E-state index is 9.61. The number of anilines is 1. The Hall–Kier alpha value is -3.64. The molecule has 2 aromatic heterocycles. The van der Waals surface area contributed by atoms with Crippen molar-refractivity contribution in [3.05, 3.63) is 84.2 Å². The Morgan fingerprint density at radius 3 is 2.39 bits per heavy atom. The molecule has 1 unspecified atom stereocenters. The number of aliphatic hydroxyl groups is 1. The van der Waals surface area contributed by atoms with Crippen molar-refractivity contribution in [2.45, 2.75) is 39.0 Å². The fraction of sp³-hybridized carbons (Fsp3) is 0.259. The molecule has 6 heteroatoms. The average molecular weight is 441 g/mol. The van der Waals surface area contributed by atoms with Gasteiger partial charge in [0.25, 0.3) is 0 Å². The highest BCUT2D eigenvalue weighted by molar-refractivity contribution is 5.89. The summed E-state index contributed by atoms with van der Waals surface area (Å²) in [5, 5.41) is 17.9. The molecule has 0 aliphatic carbocycles. The van der Waals surface area contributed by atoms with Crippen LogP contribution in [-0.2, 0) is 13.2 Å². The predicted molar refractivity (Wildman–Crippen MR) is 130 cm³/mol. The van der Waals surface area contributed by atoms with Crippen LogP contribution < -0.4 is 10.1 Å². The lowest BCUT2D eigenvalue weighted by atomic mass is 10.0. The van der Waals surface area contributed by atoms with Crippen LogP contribution in [0.2, 0.25) is 0 Å². The molecule has 0 bridgehead atoms. The van der Waals surface area contributed by atoms with Gasteiger partial charge in [0.2, 0.25) is 0 Å². The van der Waals surface area contributed by atoms with Gasteiger partial charge in [-0.3, -0.25) is 4.98 Å². The summed E-state index contributed by atoms with van der Waals surface area (Å²) in [7, 11) is 0. The van der Waals surface area contributed by atoms with Crippen molar-refractivity contribution in [1.29, 1.82) is 0 Å². The van der Waals surface area contributed by atoms with E-state index in [1.165, 1.54) is 5.56 Å². The predicted octanol–water partition coefficient (Wildman–Crippen LogP) is 5.10. The van der Waals surface area contributed by atoms with Crippen LogP contribution in [0.25, 0.3) is 22.4 Å². The number of benzene rings is 2. The van der Waals surface area contributed by atoms with Crippen LogP contribution in [0.4, 0.5) is 5.82 Å². The van der Waals surface area contributed by atoms with E-state index in [9.17, 15) is 5.11 Å². The third kappa shape index (κ3) is 4.34. The minimum Gasteiger partial charge on any atom is -0.489 e. The monoisotopic (exact) mass is 440 g/mol. The SMILES string of the molecule is CC(C)c1ccc(COc2ccc(-c3c(-c4ccncc4)nn4c3NC(CO)C4)cc2)cc1. The number of pyridine rings is 1. The molecule has 1 aliphatic heterocycles. The highest BCUT2D eigenvalue weighted by atomic mass is 16.5. The smallest absolute Gasteiger partial charge is 0.133 e. The van der Waals surface area contributed by atoms with Gasteiger partial charge in [0.1, 0.15) is 23.9 Å². The van der Waals surface area contributed by atoms with Crippen LogP contribution in [-0.4, -0.2) is 32.5 Å². The van der Waals surface area contributed by atoms with Crippen molar-refractivity contribution >= 4 is 5.82 Å². The lowest BCUT2D eigenvalue weighted by Gasteiger charge is -2.11. The average Bonchev–Trinajstić information content (AvgIpc) is 3.42. The number of aliphatic hydroxyl groups excluding tert-OH is 1. The second-order valence-corrected chi connectivity index (χ2v) is 8.72. The van der Waals surface area contributed by atoms with Crippen molar-refractivity contribution in [2.75, 3.05) is 11.9 Å². The molecule has 0 fully saturated rings. The molecule has 3 heterocycles. The van der Waals surface area contributed by atoms with Gasteiger partial charge in [-0.05, 0) is 46.9 Å². The summed E-state index contributed by atoms with van der Waals surface area (Å²) in [5.74, 6) is 2.28. The molecule has 1 aliphatic rings. The zero-order chi connectivity index (χ0) is 22.8. The number of nitrogens with zero attached hydrogens (tertiary/aromatic N) is 3. The normalized spacial score (nSPS) is 14.8. The fourth-order valence-corrected chi connectivity index (χ4v) is 4.16. The van der Waals surface area contributed by atoms with Crippen molar-refractivity contribution in [3.8, 4) is 28.1 Å². The first-order chi connectivity index (χ1) is 16.1. The van der Waals surface area contributed by atoms with Gasteiger partial charge in [-0.15, -0.1) is 0 Å². The first-order valence-electron chi connectivity index (χ1n) is 11.3. The Bertz CT molecular complexity index is 1220. The molecule has 0 saturated heterocycles. The van der Waals surface area contributed by atoms with Crippen LogP contribution in [0.1, 0.15) is 30.9 Å². The number of hydrogen-bond acceptors (Lipinski definition) is 5. The van der Waals surface area contributed by atoms with Crippen LogP contribution in [0, 0.1) is 0 Å². The molecule has 168 valence electrons. The zero-order valence-corrected chi connectivity index (χ0v) is 18.9. The second kappa shape index (κ2) is 9.08. The Labute approximate surface area is 193 Å². The standard InChI is InChI=1S/C27H28N4O2/c1-18(2)20-5-3-19(4-6-20)17-33-24-9-7-21(8-10-24)25-26(22-11-13-28-14-12-22)30-31-15-23(16-32)29-27(25)31/h3-14,18,23,29,32H,15-17H2,1-2H3. The highest BCUT2D eigenvalue weighted by Gasteiger charge is 2.28. The fourth-order valence-electron chi connectivity index (χ4n) is 4.16. The highest BCUT2D eigenvalue weighted by Crippen LogP contribution is 2.40. The van der Waals surface area contributed by atoms with E-state index in [1.54, 1.807) is 12.4 Å². The number of hydrogen-bond donors (Lipinski definition) is 2. The summed E-state index contributed by atoms with van der Waals surface area (Å²) >= 11 is 0. The topological polar surface area (TPSA) is 72.2 Å². The third-order valence-electron chi connectivity index (χ3n) is 6.06. The number of aromatic nitrogens is 3. The molecule has 0 spiro atoms. The van der Waals surface area contributed by atoms with Gasteiger partial charge in [-0.25, -0.2) is 4.68 Å². The molecule has 33 heavy (non-hydrogen) atoms. The Morgan fingerprint density at radius 2 is 1.73 bits per heavy atom. The van der Waals surface area contributed by atoms with Crippen LogP contribution >= 0.6 is 0 Å². The van der Waals surface area contributed by atoms with E-state index >= 15 is 0 Å². The van der Waals surface area contributed by atoms with E-state index in [-0.39, 0.29) is 12.6 Å². The molecule has 1 atom stereocenters. The van der Waals surface area contributed by atoms with Crippen LogP contribution in [0.15, 0.2) is 73.1 Å². The van der Waals surface area contributed by atoms with E-state index in [1.807, 2.05) is 28.9 Å². The largest absolute Gasteiger partial charge is 0.489 e. The van der Waals surface area contributed by atoms with Gasteiger partial charge >= 0.3 is 0 Å². The molecule has 0 saturated carbocycles. The summed E-state index contributed by atoms with van der Waals surface area (Å²) in [6.45, 7) is 5.63. The summed E-state index contributed by atoms with van der Waals surface area (Å²) in [6, 6.07) is 20.6. The second-order valence-electron chi connectivity index (χ2n) is 8.72. The van der Waals surface area contributed by atoms with Crippen molar-refractivity contribution in [3.63, 3.8) is 0 Å². The van der Waals surface area contributed by atoms with Crippen LogP contribution in [0.5, 0.6) is 5.75 Å². The summed E-state index contributed by atoms with van der Waals surface area (Å²) in [5.41, 5.74) is 6.45. The molecule has 2 aromatic carbocycles. The molecule has 0 amide bonds. The molecule has 4 aromatic rings. The zero-order valence-electron chi connectivity index (χ0n) is 18.9.